The number of aryl methyl sites for hydroxylation is 2. The van der Waals surface area contributed by atoms with Gasteiger partial charge in [0.15, 0.2) is 0 Å². The molecular formula is C9H16ClN3. The van der Waals surface area contributed by atoms with Gasteiger partial charge in [-0.05, 0) is 26.3 Å². The van der Waals surface area contributed by atoms with Crippen molar-refractivity contribution in [2.24, 2.45) is 5.73 Å². The molecule has 0 saturated heterocycles. The molecule has 0 saturated carbocycles. The van der Waals surface area contributed by atoms with E-state index < -0.39 is 0 Å². The number of hydrogen-bond acceptors (Lipinski definition) is 2. The molecule has 0 bridgehead atoms. The Labute approximate surface area is 83.9 Å². The minimum Gasteiger partial charge on any atom is -0.330 e. The normalized spacial score (nSPS) is 10.7. The first-order chi connectivity index (χ1) is 6.24. The van der Waals surface area contributed by atoms with Crippen molar-refractivity contribution in [2.45, 2.75) is 32.7 Å². The van der Waals surface area contributed by atoms with Gasteiger partial charge in [0.25, 0.3) is 0 Å². The number of nitrogens with zero attached hydrogens (tertiary/aromatic N) is 2. The summed E-state index contributed by atoms with van der Waals surface area (Å²) in [7, 11) is 0. The molecule has 0 aliphatic carbocycles. The number of nitrogens with two attached hydrogens (primary N) is 1. The smallest absolute Gasteiger partial charge is 0.0814 e. The number of rotatable bonds is 5. The van der Waals surface area contributed by atoms with E-state index in [1.54, 1.807) is 0 Å². The van der Waals surface area contributed by atoms with Crippen molar-refractivity contribution >= 4 is 11.6 Å². The number of halogens is 1. The van der Waals surface area contributed by atoms with Gasteiger partial charge in [-0.15, -0.1) is 0 Å². The molecule has 1 heterocycles. The second-order valence-corrected chi connectivity index (χ2v) is 3.58. The van der Waals surface area contributed by atoms with Crippen LogP contribution < -0.4 is 5.73 Å². The van der Waals surface area contributed by atoms with Crippen molar-refractivity contribution < 1.29 is 0 Å². The minimum absolute atomic E-state index is 0.749. The second-order valence-electron chi connectivity index (χ2n) is 3.17. The van der Waals surface area contributed by atoms with Crippen molar-refractivity contribution in [2.75, 3.05) is 6.54 Å². The van der Waals surface area contributed by atoms with Crippen LogP contribution in [0.5, 0.6) is 0 Å². The lowest BCUT2D eigenvalue weighted by atomic mass is 10.2. The fourth-order valence-corrected chi connectivity index (χ4v) is 1.35. The zero-order valence-corrected chi connectivity index (χ0v) is 8.72. The molecule has 0 fully saturated rings. The molecule has 0 aliphatic heterocycles. The van der Waals surface area contributed by atoms with Crippen LogP contribution in [-0.2, 0) is 6.54 Å². The van der Waals surface area contributed by atoms with Gasteiger partial charge in [0.05, 0.1) is 10.7 Å². The fraction of sp³-hybridized carbons (Fsp3) is 0.667. The molecule has 0 unspecified atom stereocenters. The highest BCUT2D eigenvalue weighted by molar-refractivity contribution is 6.31. The molecule has 0 aliphatic rings. The van der Waals surface area contributed by atoms with Gasteiger partial charge < -0.3 is 5.73 Å². The first-order valence-electron chi connectivity index (χ1n) is 4.63. The molecule has 0 aromatic carbocycles. The Hall–Kier alpha value is -0.540. The molecule has 4 heteroatoms. The summed E-state index contributed by atoms with van der Waals surface area (Å²) in [4.78, 5) is 0. The van der Waals surface area contributed by atoms with Crippen LogP contribution in [-0.4, -0.2) is 16.3 Å². The monoisotopic (exact) mass is 201 g/mol. The molecule has 0 amide bonds. The predicted octanol–water partition coefficient (Wildman–Crippen LogP) is 1.97. The van der Waals surface area contributed by atoms with Crippen LogP contribution in [0, 0.1) is 6.92 Å². The van der Waals surface area contributed by atoms with E-state index in [0.717, 1.165) is 43.1 Å². The summed E-state index contributed by atoms with van der Waals surface area (Å²) in [5.74, 6) is 0. The molecule has 1 rings (SSSR count). The van der Waals surface area contributed by atoms with Crippen molar-refractivity contribution in [1.82, 2.24) is 9.78 Å². The molecule has 1 aromatic heterocycles. The maximum absolute atomic E-state index is 5.87. The van der Waals surface area contributed by atoms with Crippen LogP contribution in [0.1, 0.15) is 25.0 Å². The van der Waals surface area contributed by atoms with Crippen LogP contribution >= 0.6 is 11.6 Å². The highest BCUT2D eigenvalue weighted by Gasteiger charge is 2.00. The third-order valence-corrected chi connectivity index (χ3v) is 2.35. The Morgan fingerprint density at radius 2 is 2.23 bits per heavy atom. The number of unbranched alkanes of at least 4 members (excludes halogenated alkanes) is 2. The van der Waals surface area contributed by atoms with E-state index in [0.29, 0.717) is 0 Å². The third kappa shape index (κ3) is 3.36. The predicted molar refractivity (Wildman–Crippen MR) is 54.9 cm³/mol. The molecule has 13 heavy (non-hydrogen) atoms. The molecule has 0 atom stereocenters. The SMILES string of the molecule is Cc1nn(CCCCCN)cc1Cl. The van der Waals surface area contributed by atoms with Crippen molar-refractivity contribution in [3.8, 4) is 0 Å². The van der Waals surface area contributed by atoms with E-state index in [-0.39, 0.29) is 0 Å². The molecule has 3 nitrogen and oxygen atoms in total. The summed E-state index contributed by atoms with van der Waals surface area (Å²) in [6.45, 7) is 3.63. The van der Waals surface area contributed by atoms with Gasteiger partial charge in [-0.1, -0.05) is 18.0 Å². The standard InChI is InChI=1S/C9H16ClN3/c1-8-9(10)7-13(12-8)6-4-2-3-5-11/h7H,2-6,11H2,1H3. The summed E-state index contributed by atoms with van der Waals surface area (Å²) in [6, 6.07) is 0. The zero-order chi connectivity index (χ0) is 9.68. The largest absolute Gasteiger partial charge is 0.330 e. The third-order valence-electron chi connectivity index (χ3n) is 1.98. The van der Waals surface area contributed by atoms with E-state index in [1.165, 1.54) is 0 Å². The van der Waals surface area contributed by atoms with Crippen molar-refractivity contribution in [3.63, 3.8) is 0 Å². The Bertz CT molecular complexity index is 238. The molecule has 1 aromatic rings. The fourth-order valence-electron chi connectivity index (χ4n) is 1.20. The van der Waals surface area contributed by atoms with E-state index in [4.69, 9.17) is 17.3 Å². The van der Waals surface area contributed by atoms with E-state index in [2.05, 4.69) is 5.10 Å². The highest BCUT2D eigenvalue weighted by Crippen LogP contribution is 2.12. The Balaban J connectivity index is 2.29. The Morgan fingerprint density at radius 1 is 1.46 bits per heavy atom. The average Bonchev–Trinajstić information content (AvgIpc) is 2.41. The van der Waals surface area contributed by atoms with Gasteiger partial charge in [-0.3, -0.25) is 4.68 Å². The summed E-state index contributed by atoms with van der Waals surface area (Å²) < 4.78 is 1.90. The van der Waals surface area contributed by atoms with Crippen LogP contribution in [0.3, 0.4) is 0 Å². The van der Waals surface area contributed by atoms with Gasteiger partial charge in [0.2, 0.25) is 0 Å². The summed E-state index contributed by atoms with van der Waals surface area (Å²) in [6.07, 6.45) is 5.25. The second kappa shape index (κ2) is 5.25. The van der Waals surface area contributed by atoms with Crippen LogP contribution in [0.2, 0.25) is 5.02 Å². The number of aromatic nitrogens is 2. The lowest BCUT2D eigenvalue weighted by molar-refractivity contribution is 0.544. The molecule has 2 N–H and O–H groups in total. The van der Waals surface area contributed by atoms with Gasteiger partial charge in [-0.2, -0.15) is 5.10 Å². The van der Waals surface area contributed by atoms with E-state index >= 15 is 0 Å². The average molecular weight is 202 g/mol. The lowest BCUT2D eigenvalue weighted by Crippen LogP contribution is -2.02. The number of hydrogen-bond donors (Lipinski definition) is 1. The highest BCUT2D eigenvalue weighted by atomic mass is 35.5. The summed E-state index contributed by atoms with van der Waals surface area (Å²) >= 11 is 5.87. The van der Waals surface area contributed by atoms with Gasteiger partial charge in [-0.25, -0.2) is 0 Å². The lowest BCUT2D eigenvalue weighted by Gasteiger charge is -1.99. The minimum atomic E-state index is 0.749. The topological polar surface area (TPSA) is 43.8 Å². The molecule has 0 spiro atoms. The van der Waals surface area contributed by atoms with Crippen LogP contribution in [0.25, 0.3) is 0 Å². The first kappa shape index (κ1) is 10.5. The van der Waals surface area contributed by atoms with Gasteiger partial charge in [0.1, 0.15) is 0 Å². The maximum Gasteiger partial charge on any atom is 0.0814 e. The quantitative estimate of drug-likeness (QED) is 0.741. The van der Waals surface area contributed by atoms with Crippen LogP contribution in [0.15, 0.2) is 6.20 Å². The summed E-state index contributed by atoms with van der Waals surface area (Å²) in [5.41, 5.74) is 6.30. The van der Waals surface area contributed by atoms with Crippen molar-refractivity contribution in [3.05, 3.63) is 16.9 Å². The van der Waals surface area contributed by atoms with E-state index in [1.807, 2.05) is 17.8 Å². The van der Waals surface area contributed by atoms with Gasteiger partial charge >= 0.3 is 0 Å². The molecular weight excluding hydrogens is 186 g/mol. The maximum atomic E-state index is 5.87. The van der Waals surface area contributed by atoms with Crippen LogP contribution in [0.4, 0.5) is 0 Å². The zero-order valence-electron chi connectivity index (χ0n) is 7.96. The Kier molecular flexibility index (Phi) is 4.25. The Morgan fingerprint density at radius 3 is 2.77 bits per heavy atom. The molecule has 74 valence electrons. The summed E-state index contributed by atoms with van der Waals surface area (Å²) in [5, 5.41) is 5.01. The van der Waals surface area contributed by atoms with Crippen molar-refractivity contribution in [1.29, 1.82) is 0 Å². The first-order valence-corrected chi connectivity index (χ1v) is 5.01. The van der Waals surface area contributed by atoms with E-state index in [9.17, 15) is 0 Å². The molecule has 0 radical (unpaired) electrons. The van der Waals surface area contributed by atoms with Gasteiger partial charge in [0, 0.05) is 12.7 Å².